The first-order valence-corrected chi connectivity index (χ1v) is 9.12. The van der Waals surface area contributed by atoms with Crippen molar-refractivity contribution >= 4 is 17.5 Å². The van der Waals surface area contributed by atoms with Crippen LogP contribution in [0.4, 0.5) is 4.39 Å². The van der Waals surface area contributed by atoms with Crippen molar-refractivity contribution < 1.29 is 13.6 Å². The van der Waals surface area contributed by atoms with E-state index in [1.807, 2.05) is 0 Å². The molecule has 1 aliphatic heterocycles. The number of piperidine rings is 1. The van der Waals surface area contributed by atoms with Crippen LogP contribution in [0.1, 0.15) is 35.0 Å². The Bertz CT molecular complexity index is 958. The van der Waals surface area contributed by atoms with Crippen LogP contribution < -0.4 is 0 Å². The number of carbonyl (C=O) groups excluding carboxylic acids is 1. The summed E-state index contributed by atoms with van der Waals surface area (Å²) in [6, 6.07) is 12.8. The lowest BCUT2D eigenvalue weighted by atomic mass is 9.97. The van der Waals surface area contributed by atoms with Crippen molar-refractivity contribution in [3.63, 3.8) is 0 Å². The first-order chi connectivity index (χ1) is 13.1. The van der Waals surface area contributed by atoms with Gasteiger partial charge in [0.25, 0.3) is 5.91 Å². The van der Waals surface area contributed by atoms with Crippen LogP contribution in [-0.4, -0.2) is 34.1 Å². The van der Waals surface area contributed by atoms with E-state index in [0.29, 0.717) is 41.0 Å². The molecule has 0 bridgehead atoms. The van der Waals surface area contributed by atoms with Crippen LogP contribution in [-0.2, 0) is 0 Å². The molecule has 1 amide bonds. The highest BCUT2D eigenvalue weighted by Gasteiger charge is 2.29. The van der Waals surface area contributed by atoms with E-state index in [1.54, 1.807) is 41.3 Å². The summed E-state index contributed by atoms with van der Waals surface area (Å²) in [4.78, 5) is 14.5. The number of hydrogen-bond acceptors (Lipinski definition) is 4. The Kier molecular flexibility index (Phi) is 4.90. The maximum absolute atomic E-state index is 13.1. The van der Waals surface area contributed by atoms with E-state index in [1.165, 1.54) is 12.1 Å². The number of benzene rings is 2. The van der Waals surface area contributed by atoms with Crippen LogP contribution in [0.25, 0.3) is 11.5 Å². The van der Waals surface area contributed by atoms with Gasteiger partial charge in [0.1, 0.15) is 5.82 Å². The highest BCUT2D eigenvalue weighted by molar-refractivity contribution is 6.30. The van der Waals surface area contributed by atoms with E-state index in [2.05, 4.69) is 10.2 Å². The molecule has 1 saturated heterocycles. The summed E-state index contributed by atoms with van der Waals surface area (Å²) in [6.45, 7) is 1.19. The minimum absolute atomic E-state index is 0.0245. The number of aromatic nitrogens is 2. The first kappa shape index (κ1) is 17.7. The fourth-order valence-corrected chi connectivity index (χ4v) is 3.47. The largest absolute Gasteiger partial charge is 0.420 e. The van der Waals surface area contributed by atoms with Crippen molar-refractivity contribution in [3.8, 4) is 11.5 Å². The molecule has 0 aliphatic carbocycles. The van der Waals surface area contributed by atoms with Gasteiger partial charge in [0, 0.05) is 29.2 Å². The molecule has 27 heavy (non-hydrogen) atoms. The van der Waals surface area contributed by atoms with Crippen LogP contribution in [0.2, 0.25) is 5.02 Å². The molecular weight excluding hydrogens is 369 g/mol. The van der Waals surface area contributed by atoms with E-state index in [0.717, 1.165) is 12.8 Å². The summed E-state index contributed by atoms with van der Waals surface area (Å²) in [6.07, 6.45) is 1.72. The van der Waals surface area contributed by atoms with Crippen molar-refractivity contribution in [3.05, 3.63) is 70.8 Å². The van der Waals surface area contributed by atoms with Crippen LogP contribution in [0, 0.1) is 5.82 Å². The van der Waals surface area contributed by atoms with Gasteiger partial charge < -0.3 is 9.32 Å². The maximum Gasteiger partial charge on any atom is 0.253 e. The Labute approximate surface area is 160 Å². The van der Waals surface area contributed by atoms with Gasteiger partial charge in [0.05, 0.1) is 5.92 Å². The van der Waals surface area contributed by atoms with E-state index in [4.69, 9.17) is 16.0 Å². The molecule has 0 spiro atoms. The molecule has 1 fully saturated rings. The van der Waals surface area contributed by atoms with E-state index in [-0.39, 0.29) is 17.6 Å². The quantitative estimate of drug-likeness (QED) is 0.663. The topological polar surface area (TPSA) is 59.2 Å². The summed E-state index contributed by atoms with van der Waals surface area (Å²) in [5.41, 5.74) is 1.23. The molecule has 1 aromatic heterocycles. The Morgan fingerprint density at radius 3 is 2.78 bits per heavy atom. The van der Waals surface area contributed by atoms with E-state index in [9.17, 15) is 9.18 Å². The SMILES string of the molecule is O=C(c1cccc(Cl)c1)N1CCCC(c2nnc(-c3ccc(F)cc3)o2)C1. The van der Waals surface area contributed by atoms with Crippen molar-refractivity contribution in [1.29, 1.82) is 0 Å². The fraction of sp³-hybridized carbons (Fsp3) is 0.250. The van der Waals surface area contributed by atoms with Gasteiger partial charge in [-0.2, -0.15) is 0 Å². The highest BCUT2D eigenvalue weighted by atomic mass is 35.5. The van der Waals surface area contributed by atoms with Gasteiger partial charge >= 0.3 is 0 Å². The minimum atomic E-state index is -0.319. The van der Waals surface area contributed by atoms with Crippen molar-refractivity contribution in [2.24, 2.45) is 0 Å². The third-order valence-corrected chi connectivity index (χ3v) is 4.90. The fourth-order valence-electron chi connectivity index (χ4n) is 3.28. The standard InChI is InChI=1S/C20H17ClFN3O2/c21-16-5-1-3-14(11-16)20(26)25-10-2-4-15(12-25)19-24-23-18(27-19)13-6-8-17(22)9-7-13/h1,3,5-9,11,15H,2,4,10,12H2. The lowest BCUT2D eigenvalue weighted by molar-refractivity contribution is 0.0698. The summed E-state index contributed by atoms with van der Waals surface area (Å²) < 4.78 is 18.9. The van der Waals surface area contributed by atoms with Crippen molar-refractivity contribution in [2.75, 3.05) is 13.1 Å². The number of amides is 1. The Morgan fingerprint density at radius 1 is 1.19 bits per heavy atom. The summed E-state index contributed by atoms with van der Waals surface area (Å²) in [7, 11) is 0. The van der Waals surface area contributed by atoms with Gasteiger partial charge in [-0.1, -0.05) is 17.7 Å². The van der Waals surface area contributed by atoms with Crippen LogP contribution >= 0.6 is 11.6 Å². The Balaban J connectivity index is 1.50. The lowest BCUT2D eigenvalue weighted by Gasteiger charge is -2.31. The van der Waals surface area contributed by atoms with E-state index >= 15 is 0 Å². The van der Waals surface area contributed by atoms with E-state index < -0.39 is 0 Å². The summed E-state index contributed by atoms with van der Waals surface area (Å²) in [5.74, 6) is 0.450. The van der Waals surface area contributed by atoms with Gasteiger partial charge in [-0.25, -0.2) is 4.39 Å². The molecule has 7 heteroatoms. The second-order valence-corrected chi connectivity index (χ2v) is 6.99. The average Bonchev–Trinajstić information content (AvgIpc) is 3.18. The van der Waals surface area contributed by atoms with Gasteiger partial charge in [-0.15, -0.1) is 10.2 Å². The molecule has 1 aliphatic rings. The molecular formula is C20H17ClFN3O2. The molecule has 3 aromatic rings. The zero-order valence-corrected chi connectivity index (χ0v) is 15.2. The predicted molar refractivity (Wildman–Crippen MR) is 99.0 cm³/mol. The van der Waals surface area contributed by atoms with Gasteiger partial charge in [0.15, 0.2) is 0 Å². The normalized spacial score (nSPS) is 17.1. The highest BCUT2D eigenvalue weighted by Crippen LogP contribution is 2.29. The molecule has 4 rings (SSSR count). The Morgan fingerprint density at radius 2 is 2.00 bits per heavy atom. The molecule has 1 atom stereocenters. The zero-order valence-electron chi connectivity index (χ0n) is 14.4. The smallest absolute Gasteiger partial charge is 0.253 e. The molecule has 138 valence electrons. The molecule has 0 saturated carbocycles. The first-order valence-electron chi connectivity index (χ1n) is 8.74. The Hall–Kier alpha value is -2.73. The van der Waals surface area contributed by atoms with Crippen molar-refractivity contribution in [1.82, 2.24) is 15.1 Å². The number of halogens is 2. The molecule has 1 unspecified atom stereocenters. The molecule has 0 radical (unpaired) electrons. The number of carbonyl (C=O) groups is 1. The summed E-state index contributed by atoms with van der Waals surface area (Å²) >= 11 is 6.00. The third kappa shape index (κ3) is 3.85. The predicted octanol–water partition coefficient (Wildman–Crippen LogP) is 4.55. The molecule has 2 heterocycles. The molecule has 2 aromatic carbocycles. The third-order valence-electron chi connectivity index (χ3n) is 4.66. The maximum atomic E-state index is 13.1. The zero-order chi connectivity index (χ0) is 18.8. The molecule has 5 nitrogen and oxygen atoms in total. The van der Waals surface area contributed by atoms with Crippen molar-refractivity contribution in [2.45, 2.75) is 18.8 Å². The second-order valence-electron chi connectivity index (χ2n) is 6.55. The van der Waals surface area contributed by atoms with Gasteiger partial charge in [-0.3, -0.25) is 4.79 Å². The number of hydrogen-bond donors (Lipinski definition) is 0. The lowest BCUT2D eigenvalue weighted by Crippen LogP contribution is -2.39. The average molecular weight is 386 g/mol. The number of rotatable bonds is 3. The summed E-state index contributed by atoms with van der Waals surface area (Å²) in [5, 5.41) is 8.76. The van der Waals surface area contributed by atoms with Crippen LogP contribution in [0.3, 0.4) is 0 Å². The molecule has 0 N–H and O–H groups in total. The van der Waals surface area contributed by atoms with Crippen LogP contribution in [0.15, 0.2) is 52.9 Å². The second kappa shape index (κ2) is 7.48. The number of nitrogens with zero attached hydrogens (tertiary/aromatic N) is 3. The minimum Gasteiger partial charge on any atom is -0.420 e. The van der Waals surface area contributed by atoms with Gasteiger partial charge in [0.2, 0.25) is 11.8 Å². The van der Waals surface area contributed by atoms with Crippen LogP contribution in [0.5, 0.6) is 0 Å². The van der Waals surface area contributed by atoms with Gasteiger partial charge in [-0.05, 0) is 55.3 Å². The monoisotopic (exact) mass is 385 g/mol. The number of likely N-dealkylation sites (tertiary alicyclic amines) is 1.